The van der Waals surface area contributed by atoms with Gasteiger partial charge in [-0.1, -0.05) is 12.1 Å². The second kappa shape index (κ2) is 5.06. The average Bonchev–Trinajstić information content (AvgIpc) is 2.90. The van der Waals surface area contributed by atoms with E-state index < -0.39 is 5.54 Å². The summed E-state index contributed by atoms with van der Waals surface area (Å²) in [6.45, 7) is 4.97. The van der Waals surface area contributed by atoms with Crippen molar-refractivity contribution in [2.75, 3.05) is 19.7 Å². The molecular weight excluding hydrogens is 268 g/mol. The van der Waals surface area contributed by atoms with Crippen LogP contribution in [0.1, 0.15) is 25.0 Å². The Morgan fingerprint density at radius 3 is 2.95 bits per heavy atom. The molecule has 21 heavy (non-hydrogen) atoms. The van der Waals surface area contributed by atoms with Crippen molar-refractivity contribution >= 4 is 11.8 Å². The van der Waals surface area contributed by atoms with Crippen molar-refractivity contribution in [3.63, 3.8) is 0 Å². The summed E-state index contributed by atoms with van der Waals surface area (Å²) in [6, 6.07) is 6.17. The van der Waals surface area contributed by atoms with E-state index in [0.29, 0.717) is 6.54 Å². The number of nitrogens with zero attached hydrogens (tertiary/aromatic N) is 1. The fourth-order valence-electron chi connectivity index (χ4n) is 2.94. The molecule has 1 saturated heterocycles. The van der Waals surface area contributed by atoms with Crippen LogP contribution in [0.3, 0.4) is 0 Å². The molecule has 1 aromatic rings. The number of ether oxygens (including phenoxy) is 1. The van der Waals surface area contributed by atoms with E-state index in [1.165, 1.54) is 11.1 Å². The lowest BCUT2D eigenvalue weighted by Gasteiger charge is -2.41. The lowest BCUT2D eigenvalue weighted by molar-refractivity contribution is -0.151. The van der Waals surface area contributed by atoms with Gasteiger partial charge in [-0.2, -0.15) is 0 Å². The molecule has 2 aliphatic rings. The van der Waals surface area contributed by atoms with E-state index in [0.717, 1.165) is 25.2 Å². The highest BCUT2D eigenvalue weighted by Gasteiger charge is 2.41. The predicted octanol–water partition coefficient (Wildman–Crippen LogP) is 0.901. The number of hydrogen-bond acceptors (Lipinski definition) is 3. The lowest BCUT2D eigenvalue weighted by Crippen LogP contribution is -2.64. The maximum atomic E-state index is 12.1. The minimum absolute atomic E-state index is 0.0240. The standard InChI is InChI=1S/C16H20N2O3/c1-16(2)15(20)17-10-14(19)18(16)7-5-11-3-4-13-12(9-11)6-8-21-13/h3-4,9H,5-8,10H2,1-2H3,(H,17,20). The minimum atomic E-state index is -0.783. The van der Waals surface area contributed by atoms with E-state index in [9.17, 15) is 9.59 Å². The Morgan fingerprint density at radius 1 is 1.33 bits per heavy atom. The van der Waals surface area contributed by atoms with Crippen LogP contribution < -0.4 is 10.1 Å². The zero-order valence-electron chi connectivity index (χ0n) is 12.4. The Labute approximate surface area is 124 Å². The summed E-state index contributed by atoms with van der Waals surface area (Å²) in [5.74, 6) is 0.848. The van der Waals surface area contributed by atoms with Crippen LogP contribution in [-0.4, -0.2) is 41.9 Å². The van der Waals surface area contributed by atoms with Crippen LogP contribution >= 0.6 is 0 Å². The first kappa shape index (κ1) is 13.9. The number of fused-ring (bicyclic) bond motifs is 1. The summed E-state index contributed by atoms with van der Waals surface area (Å²) < 4.78 is 5.49. The number of benzene rings is 1. The summed E-state index contributed by atoms with van der Waals surface area (Å²) >= 11 is 0. The van der Waals surface area contributed by atoms with Crippen molar-refractivity contribution in [3.05, 3.63) is 29.3 Å². The second-order valence-electron chi connectivity index (χ2n) is 6.08. The monoisotopic (exact) mass is 288 g/mol. The van der Waals surface area contributed by atoms with E-state index in [1.54, 1.807) is 18.7 Å². The Balaban J connectivity index is 1.71. The van der Waals surface area contributed by atoms with Gasteiger partial charge in [-0.15, -0.1) is 0 Å². The van der Waals surface area contributed by atoms with Gasteiger partial charge < -0.3 is 15.0 Å². The molecule has 0 unspecified atom stereocenters. The van der Waals surface area contributed by atoms with Gasteiger partial charge >= 0.3 is 0 Å². The highest BCUT2D eigenvalue weighted by atomic mass is 16.5. The third-order valence-corrected chi connectivity index (χ3v) is 4.31. The highest BCUT2D eigenvalue weighted by Crippen LogP contribution is 2.26. The van der Waals surface area contributed by atoms with Crippen molar-refractivity contribution in [3.8, 4) is 5.75 Å². The van der Waals surface area contributed by atoms with Crippen LogP contribution in [0, 0.1) is 0 Å². The maximum Gasteiger partial charge on any atom is 0.245 e. The smallest absolute Gasteiger partial charge is 0.245 e. The van der Waals surface area contributed by atoms with Crippen LogP contribution in [0.25, 0.3) is 0 Å². The highest BCUT2D eigenvalue weighted by molar-refractivity contribution is 5.97. The summed E-state index contributed by atoms with van der Waals surface area (Å²) in [6.07, 6.45) is 1.69. The first-order valence-corrected chi connectivity index (χ1v) is 7.32. The van der Waals surface area contributed by atoms with Crippen LogP contribution in [-0.2, 0) is 22.4 Å². The van der Waals surface area contributed by atoms with E-state index in [4.69, 9.17) is 4.74 Å². The fourth-order valence-corrected chi connectivity index (χ4v) is 2.94. The summed E-state index contributed by atoms with van der Waals surface area (Å²) in [4.78, 5) is 25.6. The number of nitrogens with one attached hydrogen (secondary N) is 1. The number of amides is 2. The number of piperazine rings is 1. The molecule has 0 bridgehead atoms. The average molecular weight is 288 g/mol. The largest absolute Gasteiger partial charge is 0.493 e. The first-order valence-electron chi connectivity index (χ1n) is 7.32. The van der Waals surface area contributed by atoms with Gasteiger partial charge in [-0.25, -0.2) is 0 Å². The van der Waals surface area contributed by atoms with Gasteiger partial charge in [0.1, 0.15) is 11.3 Å². The Morgan fingerprint density at radius 2 is 2.14 bits per heavy atom. The van der Waals surface area contributed by atoms with Gasteiger partial charge in [0, 0.05) is 13.0 Å². The van der Waals surface area contributed by atoms with Crippen molar-refractivity contribution in [2.45, 2.75) is 32.2 Å². The van der Waals surface area contributed by atoms with Gasteiger partial charge in [-0.3, -0.25) is 9.59 Å². The maximum absolute atomic E-state index is 12.1. The number of carbonyl (C=O) groups is 2. The molecule has 112 valence electrons. The molecule has 0 radical (unpaired) electrons. The van der Waals surface area contributed by atoms with Crippen molar-refractivity contribution in [2.24, 2.45) is 0 Å². The fraction of sp³-hybridized carbons (Fsp3) is 0.500. The molecule has 0 spiro atoms. The van der Waals surface area contributed by atoms with Crippen LogP contribution in [0.5, 0.6) is 5.75 Å². The molecule has 5 nitrogen and oxygen atoms in total. The van der Waals surface area contributed by atoms with Crippen molar-refractivity contribution in [1.82, 2.24) is 10.2 Å². The molecule has 2 amide bonds. The number of hydrogen-bond donors (Lipinski definition) is 1. The molecule has 5 heteroatoms. The third kappa shape index (κ3) is 2.48. The van der Waals surface area contributed by atoms with Gasteiger partial charge in [0.2, 0.25) is 11.8 Å². The van der Waals surface area contributed by atoms with E-state index in [1.807, 2.05) is 12.1 Å². The SMILES string of the molecule is CC1(C)C(=O)NCC(=O)N1CCc1ccc2c(c1)CCO2. The minimum Gasteiger partial charge on any atom is -0.493 e. The molecular formula is C16H20N2O3. The Kier molecular flexibility index (Phi) is 3.35. The van der Waals surface area contributed by atoms with Gasteiger partial charge in [0.05, 0.1) is 13.2 Å². The van der Waals surface area contributed by atoms with Crippen molar-refractivity contribution < 1.29 is 14.3 Å². The van der Waals surface area contributed by atoms with Crippen LogP contribution in [0.15, 0.2) is 18.2 Å². The van der Waals surface area contributed by atoms with Crippen LogP contribution in [0.4, 0.5) is 0 Å². The molecule has 1 fully saturated rings. The van der Waals surface area contributed by atoms with Gasteiger partial charge in [0.25, 0.3) is 0 Å². The molecule has 3 rings (SSSR count). The van der Waals surface area contributed by atoms with Crippen LogP contribution in [0.2, 0.25) is 0 Å². The molecule has 2 aliphatic heterocycles. The third-order valence-electron chi connectivity index (χ3n) is 4.31. The second-order valence-corrected chi connectivity index (χ2v) is 6.08. The molecule has 0 saturated carbocycles. The lowest BCUT2D eigenvalue weighted by atomic mass is 9.97. The Hall–Kier alpha value is -2.04. The summed E-state index contributed by atoms with van der Waals surface area (Å²) in [7, 11) is 0. The first-order chi connectivity index (χ1) is 9.98. The van der Waals surface area contributed by atoms with E-state index >= 15 is 0 Å². The quantitative estimate of drug-likeness (QED) is 0.899. The molecule has 1 N–H and O–H groups in total. The Bertz CT molecular complexity index is 595. The molecule has 0 aromatic heterocycles. The van der Waals surface area contributed by atoms with Gasteiger partial charge in [0.15, 0.2) is 0 Å². The number of rotatable bonds is 3. The summed E-state index contributed by atoms with van der Waals surface area (Å²) in [5.41, 5.74) is 1.62. The zero-order chi connectivity index (χ0) is 15.0. The van der Waals surface area contributed by atoms with E-state index in [2.05, 4.69) is 11.4 Å². The normalized spacial score (nSPS) is 20.0. The van der Waals surface area contributed by atoms with E-state index in [-0.39, 0.29) is 18.4 Å². The number of carbonyl (C=O) groups excluding carboxylic acids is 2. The predicted molar refractivity (Wildman–Crippen MR) is 78.1 cm³/mol. The van der Waals surface area contributed by atoms with Gasteiger partial charge in [-0.05, 0) is 37.5 Å². The topological polar surface area (TPSA) is 58.6 Å². The summed E-state index contributed by atoms with van der Waals surface area (Å²) in [5, 5.41) is 2.64. The molecule has 1 aromatic carbocycles. The molecule has 0 aliphatic carbocycles. The van der Waals surface area contributed by atoms with Crippen molar-refractivity contribution in [1.29, 1.82) is 0 Å². The molecule has 0 atom stereocenters. The zero-order valence-corrected chi connectivity index (χ0v) is 12.4. The molecule has 2 heterocycles.